The summed E-state index contributed by atoms with van der Waals surface area (Å²) in [7, 11) is 0. The molecule has 0 aliphatic carbocycles. The summed E-state index contributed by atoms with van der Waals surface area (Å²) in [6, 6.07) is 8.69. The summed E-state index contributed by atoms with van der Waals surface area (Å²) in [5, 5.41) is 0. The smallest absolute Gasteiger partial charge is 0.0297 e. The number of rotatable bonds is 3. The van der Waals surface area contributed by atoms with E-state index >= 15 is 0 Å². The van der Waals surface area contributed by atoms with Crippen molar-refractivity contribution < 1.29 is 0 Å². The van der Waals surface area contributed by atoms with E-state index in [9.17, 15) is 0 Å². The van der Waals surface area contributed by atoms with Crippen LogP contribution in [0.4, 0.5) is 0 Å². The topological polar surface area (TPSA) is 26.0 Å². The van der Waals surface area contributed by atoms with Crippen LogP contribution in [0.3, 0.4) is 0 Å². The normalized spacial score (nSPS) is 15.9. The van der Waals surface area contributed by atoms with Crippen molar-refractivity contribution >= 4 is 0 Å². The molecule has 0 aliphatic heterocycles. The molecule has 1 heteroatoms. The van der Waals surface area contributed by atoms with Gasteiger partial charge in [0.1, 0.15) is 0 Å². The maximum absolute atomic E-state index is 6.26. The molecule has 0 amide bonds. The Morgan fingerprint density at radius 2 is 1.88 bits per heavy atom. The summed E-state index contributed by atoms with van der Waals surface area (Å²) >= 11 is 0. The molecule has 0 aliphatic rings. The van der Waals surface area contributed by atoms with Gasteiger partial charge >= 0.3 is 0 Å². The van der Waals surface area contributed by atoms with E-state index in [1.807, 2.05) is 0 Å². The lowest BCUT2D eigenvalue weighted by Crippen LogP contribution is -2.23. The molecule has 1 aromatic rings. The molecule has 2 atom stereocenters. The lowest BCUT2D eigenvalue weighted by molar-refractivity contribution is 0.234. The van der Waals surface area contributed by atoms with Gasteiger partial charge in [0.05, 0.1) is 0 Å². The lowest BCUT2D eigenvalue weighted by atomic mass is 9.78. The van der Waals surface area contributed by atoms with Gasteiger partial charge < -0.3 is 5.73 Å². The summed E-state index contributed by atoms with van der Waals surface area (Å²) in [6.45, 7) is 11.2. The molecule has 0 spiro atoms. The maximum Gasteiger partial charge on any atom is 0.0297 e. The third-order valence-corrected chi connectivity index (χ3v) is 3.56. The van der Waals surface area contributed by atoms with Gasteiger partial charge in [0.25, 0.3) is 0 Å². The molecule has 2 unspecified atom stereocenters. The highest BCUT2D eigenvalue weighted by atomic mass is 14.6. The molecule has 0 saturated carbocycles. The minimum atomic E-state index is 0.161. The van der Waals surface area contributed by atoms with Gasteiger partial charge in [0, 0.05) is 6.04 Å². The molecular formula is C15H25N. The van der Waals surface area contributed by atoms with E-state index in [1.54, 1.807) is 0 Å². The van der Waals surface area contributed by atoms with Crippen LogP contribution in [0, 0.1) is 18.3 Å². The first-order chi connectivity index (χ1) is 7.30. The standard InChI is InChI=1S/C15H25N/c1-11-7-6-8-13(9-11)14(16)10-12(2)15(3,4)5/h6-9,12,14H,10,16H2,1-5H3. The van der Waals surface area contributed by atoms with Crippen molar-refractivity contribution in [2.75, 3.05) is 0 Å². The second-order valence-electron chi connectivity index (χ2n) is 6.02. The maximum atomic E-state index is 6.26. The SMILES string of the molecule is Cc1cccc(C(N)CC(C)C(C)(C)C)c1. The predicted molar refractivity (Wildman–Crippen MR) is 71.3 cm³/mol. The molecule has 0 bridgehead atoms. The number of hydrogen-bond donors (Lipinski definition) is 1. The van der Waals surface area contributed by atoms with Crippen LogP contribution in [-0.4, -0.2) is 0 Å². The van der Waals surface area contributed by atoms with Crippen molar-refractivity contribution in [2.45, 2.75) is 47.1 Å². The van der Waals surface area contributed by atoms with E-state index in [1.165, 1.54) is 11.1 Å². The van der Waals surface area contributed by atoms with E-state index in [-0.39, 0.29) is 6.04 Å². The molecule has 1 nitrogen and oxygen atoms in total. The van der Waals surface area contributed by atoms with E-state index in [0.29, 0.717) is 11.3 Å². The van der Waals surface area contributed by atoms with Gasteiger partial charge in [-0.2, -0.15) is 0 Å². The van der Waals surface area contributed by atoms with Gasteiger partial charge in [-0.25, -0.2) is 0 Å². The van der Waals surface area contributed by atoms with Crippen LogP contribution in [0.25, 0.3) is 0 Å². The van der Waals surface area contributed by atoms with E-state index in [4.69, 9.17) is 5.73 Å². The monoisotopic (exact) mass is 219 g/mol. The first-order valence-corrected chi connectivity index (χ1v) is 6.13. The molecule has 1 rings (SSSR count). The zero-order chi connectivity index (χ0) is 12.3. The van der Waals surface area contributed by atoms with Crippen molar-refractivity contribution in [1.29, 1.82) is 0 Å². The average Bonchev–Trinajstić information content (AvgIpc) is 2.16. The molecule has 0 saturated heterocycles. The lowest BCUT2D eigenvalue weighted by Gasteiger charge is -2.29. The van der Waals surface area contributed by atoms with E-state index in [2.05, 4.69) is 58.9 Å². The van der Waals surface area contributed by atoms with Crippen LogP contribution in [0.15, 0.2) is 24.3 Å². The van der Waals surface area contributed by atoms with Crippen molar-refractivity contribution in [3.8, 4) is 0 Å². The minimum Gasteiger partial charge on any atom is -0.324 e. The number of benzene rings is 1. The van der Waals surface area contributed by atoms with E-state index < -0.39 is 0 Å². The summed E-state index contributed by atoms with van der Waals surface area (Å²) in [5.74, 6) is 0.628. The number of hydrogen-bond acceptors (Lipinski definition) is 1. The average molecular weight is 219 g/mol. The molecular weight excluding hydrogens is 194 g/mol. The molecule has 16 heavy (non-hydrogen) atoms. The first kappa shape index (κ1) is 13.2. The van der Waals surface area contributed by atoms with Gasteiger partial charge in [-0.15, -0.1) is 0 Å². The molecule has 90 valence electrons. The fourth-order valence-corrected chi connectivity index (χ4v) is 1.77. The molecule has 2 N–H and O–H groups in total. The number of nitrogens with two attached hydrogens (primary N) is 1. The van der Waals surface area contributed by atoms with Crippen LogP contribution in [0.2, 0.25) is 0 Å². The second-order valence-corrected chi connectivity index (χ2v) is 6.02. The second kappa shape index (κ2) is 5.01. The highest BCUT2D eigenvalue weighted by Gasteiger charge is 2.22. The van der Waals surface area contributed by atoms with Crippen LogP contribution in [0.1, 0.15) is 51.3 Å². The molecule has 0 heterocycles. The Balaban J connectivity index is 2.69. The fraction of sp³-hybridized carbons (Fsp3) is 0.600. The summed E-state index contributed by atoms with van der Waals surface area (Å²) in [5.41, 5.74) is 9.14. The van der Waals surface area contributed by atoms with Crippen molar-refractivity contribution in [3.63, 3.8) is 0 Å². The first-order valence-electron chi connectivity index (χ1n) is 6.13. The van der Waals surface area contributed by atoms with Gasteiger partial charge in [0.2, 0.25) is 0 Å². The van der Waals surface area contributed by atoms with Crippen molar-refractivity contribution in [1.82, 2.24) is 0 Å². The summed E-state index contributed by atoms with van der Waals surface area (Å²) in [4.78, 5) is 0. The summed E-state index contributed by atoms with van der Waals surface area (Å²) < 4.78 is 0. The van der Waals surface area contributed by atoms with Crippen LogP contribution >= 0.6 is 0 Å². The molecule has 1 aromatic carbocycles. The van der Waals surface area contributed by atoms with Gasteiger partial charge in [-0.1, -0.05) is 57.5 Å². The van der Waals surface area contributed by atoms with Crippen molar-refractivity contribution in [3.05, 3.63) is 35.4 Å². The Hall–Kier alpha value is -0.820. The zero-order valence-corrected chi connectivity index (χ0v) is 11.2. The third kappa shape index (κ3) is 3.64. The fourth-order valence-electron chi connectivity index (χ4n) is 1.77. The Morgan fingerprint density at radius 3 is 2.38 bits per heavy atom. The quantitative estimate of drug-likeness (QED) is 0.815. The zero-order valence-electron chi connectivity index (χ0n) is 11.2. The molecule has 0 radical (unpaired) electrons. The van der Waals surface area contributed by atoms with Crippen LogP contribution < -0.4 is 5.73 Å². The minimum absolute atomic E-state index is 0.161. The Morgan fingerprint density at radius 1 is 1.25 bits per heavy atom. The highest BCUT2D eigenvalue weighted by Crippen LogP contribution is 2.32. The van der Waals surface area contributed by atoms with Crippen LogP contribution in [-0.2, 0) is 0 Å². The Bertz CT molecular complexity index is 336. The van der Waals surface area contributed by atoms with Gasteiger partial charge in [-0.05, 0) is 30.2 Å². The number of aryl methyl sites for hydroxylation is 1. The third-order valence-electron chi connectivity index (χ3n) is 3.56. The Labute approximate surface area is 100 Å². The predicted octanol–water partition coefficient (Wildman–Crippen LogP) is 4.07. The van der Waals surface area contributed by atoms with Gasteiger partial charge in [-0.3, -0.25) is 0 Å². The molecule has 0 fully saturated rings. The Kier molecular flexibility index (Phi) is 4.15. The largest absolute Gasteiger partial charge is 0.324 e. The van der Waals surface area contributed by atoms with Crippen LogP contribution in [0.5, 0.6) is 0 Å². The van der Waals surface area contributed by atoms with Crippen molar-refractivity contribution in [2.24, 2.45) is 17.1 Å². The highest BCUT2D eigenvalue weighted by molar-refractivity contribution is 5.24. The summed E-state index contributed by atoms with van der Waals surface area (Å²) in [6.07, 6.45) is 1.05. The van der Waals surface area contributed by atoms with E-state index in [0.717, 1.165) is 6.42 Å². The van der Waals surface area contributed by atoms with Gasteiger partial charge in [0.15, 0.2) is 0 Å². The molecule has 0 aromatic heterocycles.